The van der Waals surface area contributed by atoms with Crippen LogP contribution in [0.15, 0.2) is 41.4 Å². The molecule has 0 radical (unpaired) electrons. The number of hydrogen-bond donors (Lipinski definition) is 0. The fourth-order valence-corrected chi connectivity index (χ4v) is 2.69. The van der Waals surface area contributed by atoms with Gasteiger partial charge in [-0.2, -0.15) is 0 Å². The van der Waals surface area contributed by atoms with E-state index >= 15 is 0 Å². The molecular formula is C22H37NO. The average molecular weight is 332 g/mol. The number of ether oxygens (including phenoxy) is 1. The van der Waals surface area contributed by atoms with Crippen LogP contribution < -0.4 is 0 Å². The Morgan fingerprint density at radius 1 is 0.875 bits per heavy atom. The summed E-state index contributed by atoms with van der Waals surface area (Å²) in [5.74, 6) is 0.973. The first-order valence-electron chi connectivity index (χ1n) is 9.80. The summed E-state index contributed by atoms with van der Waals surface area (Å²) < 4.78 is 5.62. The molecule has 0 saturated heterocycles. The molecule has 1 heterocycles. The lowest BCUT2D eigenvalue weighted by molar-refractivity contribution is 0.273. The van der Waals surface area contributed by atoms with Gasteiger partial charge in [-0.25, -0.2) is 4.99 Å². The Morgan fingerprint density at radius 2 is 1.50 bits per heavy atom. The molecule has 0 aromatic carbocycles. The van der Waals surface area contributed by atoms with Gasteiger partial charge in [-0.15, -0.1) is 0 Å². The fraction of sp³-hybridized carbons (Fsp3) is 0.682. The van der Waals surface area contributed by atoms with Gasteiger partial charge in [-0.05, 0) is 52.4 Å². The van der Waals surface area contributed by atoms with E-state index in [1.165, 1.54) is 38.5 Å². The Labute approximate surface area is 149 Å². The molecule has 0 aromatic rings. The maximum absolute atomic E-state index is 5.62. The monoisotopic (exact) mass is 331 g/mol. The fourth-order valence-electron chi connectivity index (χ4n) is 2.69. The SMILES string of the molecule is CC/C=C\C/C=C\C/C=C\CCCCCCCC1=NC(C)(C)CO1. The average Bonchev–Trinajstić information content (AvgIpc) is 2.90. The Balaban J connectivity index is 1.87. The molecule has 136 valence electrons. The standard InChI is InChI=1S/C22H37NO/c1-4-5-6-7-8-9-10-11-12-13-14-15-16-17-18-19-21-23-22(2,3)20-24-21/h5-6,8-9,11-12H,4,7,10,13-20H2,1-3H3/b6-5-,9-8-,12-11-. The third-order valence-corrected chi connectivity index (χ3v) is 4.06. The van der Waals surface area contributed by atoms with Crippen LogP contribution in [0.5, 0.6) is 0 Å². The summed E-state index contributed by atoms with van der Waals surface area (Å²) in [5.41, 5.74) is 0.00304. The molecule has 24 heavy (non-hydrogen) atoms. The number of aliphatic imine (C=N–C) groups is 1. The van der Waals surface area contributed by atoms with Crippen molar-refractivity contribution in [1.29, 1.82) is 0 Å². The Bertz CT molecular complexity index is 429. The van der Waals surface area contributed by atoms with Crippen LogP contribution in [-0.4, -0.2) is 18.0 Å². The highest BCUT2D eigenvalue weighted by Crippen LogP contribution is 2.19. The zero-order chi connectivity index (χ0) is 17.5. The Kier molecular flexibility index (Phi) is 11.3. The number of hydrogen-bond acceptors (Lipinski definition) is 2. The van der Waals surface area contributed by atoms with Crippen LogP contribution in [-0.2, 0) is 4.74 Å². The zero-order valence-corrected chi connectivity index (χ0v) is 16.1. The van der Waals surface area contributed by atoms with Crippen LogP contribution in [0, 0.1) is 0 Å². The second kappa shape index (κ2) is 13.0. The molecule has 1 rings (SSSR count). The zero-order valence-electron chi connectivity index (χ0n) is 16.1. The van der Waals surface area contributed by atoms with E-state index in [-0.39, 0.29) is 5.54 Å². The Hall–Kier alpha value is -1.31. The van der Waals surface area contributed by atoms with Gasteiger partial charge in [0.05, 0.1) is 5.54 Å². The molecule has 0 aromatic heterocycles. The topological polar surface area (TPSA) is 21.6 Å². The van der Waals surface area contributed by atoms with Crippen molar-refractivity contribution < 1.29 is 4.74 Å². The van der Waals surface area contributed by atoms with Crippen molar-refractivity contribution in [2.75, 3.05) is 6.61 Å². The predicted molar refractivity (Wildman–Crippen MR) is 107 cm³/mol. The van der Waals surface area contributed by atoms with Gasteiger partial charge in [-0.1, -0.05) is 62.6 Å². The summed E-state index contributed by atoms with van der Waals surface area (Å²) in [6.45, 7) is 7.18. The lowest BCUT2D eigenvalue weighted by Gasteiger charge is -2.07. The van der Waals surface area contributed by atoms with Crippen LogP contribution in [0.25, 0.3) is 0 Å². The first-order valence-corrected chi connectivity index (χ1v) is 9.80. The highest BCUT2D eigenvalue weighted by molar-refractivity contribution is 5.78. The van der Waals surface area contributed by atoms with Gasteiger partial charge in [0.15, 0.2) is 5.90 Å². The third-order valence-electron chi connectivity index (χ3n) is 4.06. The molecule has 0 amide bonds. The molecule has 0 atom stereocenters. The highest BCUT2D eigenvalue weighted by atomic mass is 16.5. The van der Waals surface area contributed by atoms with Gasteiger partial charge in [0.1, 0.15) is 6.61 Å². The van der Waals surface area contributed by atoms with E-state index < -0.39 is 0 Å². The van der Waals surface area contributed by atoms with E-state index in [0.717, 1.165) is 38.2 Å². The van der Waals surface area contributed by atoms with Gasteiger partial charge in [-0.3, -0.25) is 0 Å². The van der Waals surface area contributed by atoms with Crippen LogP contribution in [0.2, 0.25) is 0 Å². The number of unbranched alkanes of at least 4 members (excludes halogenated alkanes) is 5. The van der Waals surface area contributed by atoms with Crippen LogP contribution in [0.1, 0.15) is 85.0 Å². The minimum atomic E-state index is 0.00304. The van der Waals surface area contributed by atoms with E-state index in [4.69, 9.17) is 4.74 Å². The molecule has 2 nitrogen and oxygen atoms in total. The third kappa shape index (κ3) is 11.3. The number of allylic oxidation sites excluding steroid dienone is 6. The van der Waals surface area contributed by atoms with Crippen molar-refractivity contribution in [3.8, 4) is 0 Å². The molecule has 0 unspecified atom stereocenters. The van der Waals surface area contributed by atoms with Crippen molar-refractivity contribution in [1.82, 2.24) is 0 Å². The van der Waals surface area contributed by atoms with Gasteiger partial charge in [0.25, 0.3) is 0 Å². The molecule has 1 aliphatic heterocycles. The van der Waals surface area contributed by atoms with Gasteiger partial charge in [0, 0.05) is 6.42 Å². The maximum atomic E-state index is 5.62. The summed E-state index contributed by atoms with van der Waals surface area (Å²) >= 11 is 0. The van der Waals surface area contributed by atoms with Crippen molar-refractivity contribution in [3.63, 3.8) is 0 Å². The first-order chi connectivity index (χ1) is 11.6. The van der Waals surface area contributed by atoms with Crippen molar-refractivity contribution in [2.24, 2.45) is 4.99 Å². The number of nitrogens with zero attached hydrogens (tertiary/aromatic N) is 1. The van der Waals surface area contributed by atoms with Crippen LogP contribution in [0.3, 0.4) is 0 Å². The molecule has 0 bridgehead atoms. The lowest BCUT2D eigenvalue weighted by Crippen LogP contribution is -2.17. The predicted octanol–water partition coefficient (Wildman–Crippen LogP) is 6.78. The lowest BCUT2D eigenvalue weighted by atomic mass is 10.1. The highest BCUT2D eigenvalue weighted by Gasteiger charge is 2.25. The molecule has 0 saturated carbocycles. The van der Waals surface area contributed by atoms with Crippen molar-refractivity contribution >= 4 is 5.90 Å². The molecule has 1 aliphatic rings. The van der Waals surface area contributed by atoms with Crippen molar-refractivity contribution in [3.05, 3.63) is 36.5 Å². The second-order valence-corrected chi connectivity index (χ2v) is 7.21. The second-order valence-electron chi connectivity index (χ2n) is 7.21. The molecule has 0 fully saturated rings. The summed E-state index contributed by atoms with van der Waals surface area (Å²) in [4.78, 5) is 4.60. The molecule has 2 heteroatoms. The minimum absolute atomic E-state index is 0.00304. The molecule has 0 N–H and O–H groups in total. The maximum Gasteiger partial charge on any atom is 0.183 e. The summed E-state index contributed by atoms with van der Waals surface area (Å²) in [7, 11) is 0. The normalized spacial score (nSPS) is 17.2. The van der Waals surface area contributed by atoms with Gasteiger partial charge in [0.2, 0.25) is 0 Å². The summed E-state index contributed by atoms with van der Waals surface area (Å²) in [6.07, 6.45) is 25.5. The molecule has 0 spiro atoms. The van der Waals surface area contributed by atoms with Crippen LogP contribution >= 0.6 is 0 Å². The quantitative estimate of drug-likeness (QED) is 0.269. The summed E-state index contributed by atoms with van der Waals surface area (Å²) in [5, 5.41) is 0. The number of rotatable bonds is 13. The van der Waals surface area contributed by atoms with E-state index in [1.54, 1.807) is 0 Å². The molecular weight excluding hydrogens is 294 g/mol. The van der Waals surface area contributed by atoms with E-state index in [2.05, 4.69) is 62.2 Å². The minimum Gasteiger partial charge on any atom is -0.478 e. The largest absolute Gasteiger partial charge is 0.478 e. The summed E-state index contributed by atoms with van der Waals surface area (Å²) in [6, 6.07) is 0. The van der Waals surface area contributed by atoms with Crippen LogP contribution in [0.4, 0.5) is 0 Å². The van der Waals surface area contributed by atoms with E-state index in [9.17, 15) is 0 Å². The molecule has 0 aliphatic carbocycles. The smallest absolute Gasteiger partial charge is 0.183 e. The van der Waals surface area contributed by atoms with E-state index in [0.29, 0.717) is 0 Å². The van der Waals surface area contributed by atoms with Gasteiger partial charge < -0.3 is 4.74 Å². The van der Waals surface area contributed by atoms with E-state index in [1.807, 2.05) is 0 Å². The Morgan fingerprint density at radius 3 is 2.17 bits per heavy atom. The van der Waals surface area contributed by atoms with Gasteiger partial charge >= 0.3 is 0 Å². The first kappa shape index (κ1) is 20.7. The van der Waals surface area contributed by atoms with Crippen molar-refractivity contribution in [2.45, 2.75) is 90.5 Å².